The first-order chi connectivity index (χ1) is 10.6. The fourth-order valence-electron chi connectivity index (χ4n) is 2.49. The zero-order valence-electron chi connectivity index (χ0n) is 13.6. The van der Waals surface area contributed by atoms with Crippen molar-refractivity contribution >= 4 is 5.91 Å². The van der Waals surface area contributed by atoms with Crippen molar-refractivity contribution in [1.82, 2.24) is 20.1 Å². The molecule has 1 N–H and O–H groups in total. The molecule has 0 saturated carbocycles. The van der Waals surface area contributed by atoms with Gasteiger partial charge in [-0.3, -0.25) is 4.79 Å². The molecule has 0 aromatic carbocycles. The van der Waals surface area contributed by atoms with Crippen LogP contribution >= 0.6 is 0 Å². The molecule has 2 rings (SSSR count). The Hall–Kier alpha value is -2.17. The number of pyridine rings is 1. The fraction of sp³-hybridized carbons (Fsp3) is 0.471. The van der Waals surface area contributed by atoms with Crippen LogP contribution in [0.15, 0.2) is 24.4 Å². The highest BCUT2D eigenvalue weighted by Gasteiger charge is 2.13. The quantitative estimate of drug-likeness (QED) is 0.855. The van der Waals surface area contributed by atoms with Crippen molar-refractivity contribution < 1.29 is 4.79 Å². The highest BCUT2D eigenvalue weighted by Crippen LogP contribution is 2.16. The van der Waals surface area contributed by atoms with Gasteiger partial charge in [-0.25, -0.2) is 9.67 Å². The van der Waals surface area contributed by atoms with Crippen molar-refractivity contribution in [2.75, 3.05) is 6.54 Å². The first-order valence-electron chi connectivity index (χ1n) is 7.86. The van der Waals surface area contributed by atoms with Crippen LogP contribution in [0.2, 0.25) is 0 Å². The van der Waals surface area contributed by atoms with Crippen LogP contribution in [0.25, 0.3) is 5.82 Å². The molecule has 0 aliphatic rings. The van der Waals surface area contributed by atoms with Crippen molar-refractivity contribution in [3.05, 3.63) is 41.3 Å². The number of hydrogen-bond acceptors (Lipinski definition) is 3. The summed E-state index contributed by atoms with van der Waals surface area (Å²) in [6.07, 6.45) is 5.16. The van der Waals surface area contributed by atoms with Gasteiger partial charge >= 0.3 is 0 Å². The Bertz CT molecular complexity index is 619. The number of unbranched alkanes of at least 4 members (excludes halogenated alkanes) is 1. The summed E-state index contributed by atoms with van der Waals surface area (Å²) in [5.74, 6) is 0.954. The highest BCUT2D eigenvalue weighted by atomic mass is 16.1. The minimum atomic E-state index is 0.134. The number of nitrogens with one attached hydrogen (secondary N) is 1. The fourth-order valence-corrected chi connectivity index (χ4v) is 2.49. The Morgan fingerprint density at radius 2 is 2.14 bits per heavy atom. The van der Waals surface area contributed by atoms with E-state index >= 15 is 0 Å². The van der Waals surface area contributed by atoms with Gasteiger partial charge in [-0.05, 0) is 44.4 Å². The smallest absolute Gasteiger partial charge is 0.220 e. The first-order valence-corrected chi connectivity index (χ1v) is 7.86. The Kier molecular flexibility index (Phi) is 5.69. The number of aryl methyl sites for hydroxylation is 1. The molecular weight excluding hydrogens is 276 g/mol. The van der Waals surface area contributed by atoms with Crippen LogP contribution in [-0.2, 0) is 11.2 Å². The van der Waals surface area contributed by atoms with Crippen molar-refractivity contribution in [1.29, 1.82) is 0 Å². The van der Waals surface area contributed by atoms with Crippen molar-refractivity contribution in [2.24, 2.45) is 0 Å². The van der Waals surface area contributed by atoms with Crippen molar-refractivity contribution in [3.8, 4) is 5.82 Å². The molecule has 0 aliphatic carbocycles. The maximum Gasteiger partial charge on any atom is 0.220 e. The molecule has 2 heterocycles. The molecule has 0 bridgehead atoms. The molecule has 2 aromatic rings. The van der Waals surface area contributed by atoms with E-state index in [0.29, 0.717) is 13.0 Å². The molecule has 5 nitrogen and oxygen atoms in total. The zero-order chi connectivity index (χ0) is 15.9. The van der Waals surface area contributed by atoms with E-state index < -0.39 is 0 Å². The summed E-state index contributed by atoms with van der Waals surface area (Å²) in [7, 11) is 0. The molecule has 22 heavy (non-hydrogen) atoms. The van der Waals surface area contributed by atoms with E-state index in [4.69, 9.17) is 0 Å². The molecular formula is C17H24N4O. The number of carbonyl (C=O) groups is 1. The van der Waals surface area contributed by atoms with E-state index in [1.54, 1.807) is 6.20 Å². The van der Waals surface area contributed by atoms with Crippen LogP contribution in [-0.4, -0.2) is 27.2 Å². The monoisotopic (exact) mass is 300 g/mol. The summed E-state index contributed by atoms with van der Waals surface area (Å²) in [5.41, 5.74) is 3.26. The highest BCUT2D eigenvalue weighted by molar-refractivity contribution is 5.75. The van der Waals surface area contributed by atoms with Gasteiger partial charge in [0.1, 0.15) is 0 Å². The van der Waals surface area contributed by atoms with Crippen LogP contribution in [0, 0.1) is 13.8 Å². The number of rotatable bonds is 7. The molecule has 0 radical (unpaired) electrons. The number of aromatic nitrogens is 3. The summed E-state index contributed by atoms with van der Waals surface area (Å²) in [5, 5.41) is 7.55. The number of carbonyl (C=O) groups excluding carboxylic acids is 1. The molecule has 0 saturated heterocycles. The first kappa shape index (κ1) is 16.2. The van der Waals surface area contributed by atoms with Crippen LogP contribution in [0.4, 0.5) is 0 Å². The lowest BCUT2D eigenvalue weighted by Crippen LogP contribution is -2.25. The van der Waals surface area contributed by atoms with E-state index in [0.717, 1.165) is 36.5 Å². The van der Waals surface area contributed by atoms with Gasteiger partial charge < -0.3 is 5.32 Å². The Labute approximate surface area is 131 Å². The van der Waals surface area contributed by atoms with Crippen LogP contribution < -0.4 is 5.32 Å². The van der Waals surface area contributed by atoms with Crippen molar-refractivity contribution in [2.45, 2.75) is 46.5 Å². The lowest BCUT2D eigenvalue weighted by molar-refractivity contribution is -0.121. The molecule has 118 valence electrons. The van der Waals surface area contributed by atoms with E-state index in [-0.39, 0.29) is 5.91 Å². The average molecular weight is 300 g/mol. The molecule has 2 aromatic heterocycles. The standard InChI is InChI=1S/C17H24N4O/c1-4-5-9-17(22)19-12-10-15-13(2)20-21(14(15)3)16-8-6-7-11-18-16/h6-8,11H,4-5,9-10,12H2,1-3H3,(H,19,22). The van der Waals surface area contributed by atoms with Gasteiger partial charge in [-0.2, -0.15) is 5.10 Å². The predicted molar refractivity (Wildman–Crippen MR) is 87.1 cm³/mol. The van der Waals surface area contributed by atoms with Crippen LogP contribution in [0.5, 0.6) is 0 Å². The SMILES string of the molecule is CCCCC(=O)NCCc1c(C)nn(-c2ccccn2)c1C. The van der Waals surface area contributed by atoms with E-state index in [1.807, 2.05) is 36.7 Å². The van der Waals surface area contributed by atoms with Gasteiger partial charge in [-0.1, -0.05) is 19.4 Å². The second-order valence-electron chi connectivity index (χ2n) is 5.45. The van der Waals surface area contributed by atoms with Gasteiger partial charge in [-0.15, -0.1) is 0 Å². The molecule has 0 unspecified atom stereocenters. The summed E-state index contributed by atoms with van der Waals surface area (Å²) in [4.78, 5) is 16.0. The maximum atomic E-state index is 11.6. The lowest BCUT2D eigenvalue weighted by atomic mass is 10.1. The van der Waals surface area contributed by atoms with Gasteiger partial charge in [0.25, 0.3) is 0 Å². The summed E-state index contributed by atoms with van der Waals surface area (Å²) in [6.45, 7) is 6.79. The predicted octanol–water partition coefficient (Wildman–Crippen LogP) is 2.73. The van der Waals surface area contributed by atoms with Crippen LogP contribution in [0.1, 0.15) is 43.1 Å². The molecule has 0 aliphatic heterocycles. The Morgan fingerprint density at radius 3 is 2.82 bits per heavy atom. The Morgan fingerprint density at radius 1 is 1.32 bits per heavy atom. The minimum absolute atomic E-state index is 0.134. The van der Waals surface area contributed by atoms with Gasteiger partial charge in [0.15, 0.2) is 5.82 Å². The zero-order valence-corrected chi connectivity index (χ0v) is 13.6. The second-order valence-corrected chi connectivity index (χ2v) is 5.45. The van der Waals surface area contributed by atoms with Crippen molar-refractivity contribution in [3.63, 3.8) is 0 Å². The summed E-state index contributed by atoms with van der Waals surface area (Å²) < 4.78 is 1.86. The number of hydrogen-bond donors (Lipinski definition) is 1. The molecule has 5 heteroatoms. The maximum absolute atomic E-state index is 11.6. The minimum Gasteiger partial charge on any atom is -0.356 e. The normalized spacial score (nSPS) is 10.7. The average Bonchev–Trinajstić information content (AvgIpc) is 2.81. The molecule has 0 spiro atoms. The molecule has 0 atom stereocenters. The lowest BCUT2D eigenvalue weighted by Gasteiger charge is -2.06. The third kappa shape index (κ3) is 3.93. The molecule has 0 fully saturated rings. The third-order valence-electron chi connectivity index (χ3n) is 3.76. The molecule has 1 amide bonds. The second kappa shape index (κ2) is 7.73. The third-order valence-corrected chi connectivity index (χ3v) is 3.76. The summed E-state index contributed by atoms with van der Waals surface area (Å²) in [6, 6.07) is 5.78. The van der Waals surface area contributed by atoms with Gasteiger partial charge in [0.05, 0.1) is 5.69 Å². The number of nitrogens with zero attached hydrogens (tertiary/aromatic N) is 3. The van der Waals surface area contributed by atoms with Gasteiger partial charge in [0, 0.05) is 24.9 Å². The van der Waals surface area contributed by atoms with Crippen LogP contribution in [0.3, 0.4) is 0 Å². The summed E-state index contributed by atoms with van der Waals surface area (Å²) >= 11 is 0. The topological polar surface area (TPSA) is 59.8 Å². The van der Waals surface area contributed by atoms with E-state index in [2.05, 4.69) is 22.3 Å². The van der Waals surface area contributed by atoms with E-state index in [1.165, 1.54) is 5.56 Å². The van der Waals surface area contributed by atoms with Gasteiger partial charge in [0.2, 0.25) is 5.91 Å². The Balaban J connectivity index is 2.01. The largest absolute Gasteiger partial charge is 0.356 e. The number of amides is 1. The van der Waals surface area contributed by atoms with E-state index in [9.17, 15) is 4.79 Å².